The number of fused-ring (bicyclic) bond motifs is 1. The lowest BCUT2D eigenvalue weighted by molar-refractivity contribution is -0.122. The van der Waals surface area contributed by atoms with E-state index in [2.05, 4.69) is 5.32 Å². The smallest absolute Gasteiger partial charge is 0.270 e. The van der Waals surface area contributed by atoms with Crippen LogP contribution in [-0.2, 0) is 27.6 Å². The van der Waals surface area contributed by atoms with Crippen LogP contribution in [0.1, 0.15) is 32.8 Å². The second-order valence-corrected chi connectivity index (χ2v) is 9.26. The largest absolute Gasteiger partial charge is 0.352 e. The number of hydrogen-bond donors (Lipinski definition) is 1. The van der Waals surface area contributed by atoms with Gasteiger partial charge in [0.25, 0.3) is 5.56 Å². The Kier molecular flexibility index (Phi) is 6.41. The van der Waals surface area contributed by atoms with Gasteiger partial charge in [0, 0.05) is 11.4 Å². The molecule has 2 aromatic carbocycles. The van der Waals surface area contributed by atoms with Crippen LogP contribution in [0.15, 0.2) is 69.2 Å². The quantitative estimate of drug-likeness (QED) is 0.628. The minimum Gasteiger partial charge on any atom is -0.352 e. The summed E-state index contributed by atoms with van der Waals surface area (Å²) < 4.78 is 27.7. The van der Waals surface area contributed by atoms with Gasteiger partial charge in [0.1, 0.15) is 11.4 Å². The molecule has 0 bridgehead atoms. The summed E-state index contributed by atoms with van der Waals surface area (Å²) in [6.07, 6.45) is 1.52. The van der Waals surface area contributed by atoms with Crippen molar-refractivity contribution < 1.29 is 13.2 Å². The van der Waals surface area contributed by atoms with Crippen LogP contribution in [0.5, 0.6) is 0 Å². The topological polar surface area (TPSA) is 85.2 Å². The zero-order valence-electron chi connectivity index (χ0n) is 17.4. The van der Waals surface area contributed by atoms with E-state index in [1.807, 2.05) is 32.9 Å². The normalized spacial score (nSPS) is 12.6. The van der Waals surface area contributed by atoms with Gasteiger partial charge in [-0.2, -0.15) is 0 Å². The summed E-state index contributed by atoms with van der Waals surface area (Å²) in [6.45, 7) is 5.58. The summed E-state index contributed by atoms with van der Waals surface area (Å²) in [5, 5.41) is 3.45. The summed E-state index contributed by atoms with van der Waals surface area (Å²) >= 11 is 0. The molecule has 158 valence electrons. The maximum atomic E-state index is 13.3. The second-order valence-electron chi connectivity index (χ2n) is 7.34. The molecule has 6 nitrogen and oxygen atoms in total. The molecule has 0 aliphatic rings. The number of amides is 1. The van der Waals surface area contributed by atoms with E-state index in [0.717, 1.165) is 18.4 Å². The predicted octanol–water partition coefficient (Wildman–Crippen LogP) is 3.31. The number of hydrogen-bond acceptors (Lipinski definition) is 4. The number of carbonyl (C=O) groups is 1. The van der Waals surface area contributed by atoms with E-state index in [-0.39, 0.29) is 28.3 Å². The fourth-order valence-corrected chi connectivity index (χ4v) is 4.66. The molecule has 0 aliphatic heterocycles. The molecular weight excluding hydrogens is 400 g/mol. The van der Waals surface area contributed by atoms with E-state index >= 15 is 0 Å². The third kappa shape index (κ3) is 4.31. The molecule has 0 fully saturated rings. The van der Waals surface area contributed by atoms with Gasteiger partial charge < -0.3 is 5.32 Å². The lowest BCUT2D eigenvalue weighted by atomic mass is 10.1. The van der Waals surface area contributed by atoms with E-state index in [0.29, 0.717) is 10.9 Å². The van der Waals surface area contributed by atoms with Crippen molar-refractivity contribution in [2.75, 3.05) is 0 Å². The Morgan fingerprint density at radius 3 is 2.40 bits per heavy atom. The molecule has 1 amide bonds. The first kappa shape index (κ1) is 21.8. The lowest BCUT2D eigenvalue weighted by Crippen LogP contribution is -2.38. The van der Waals surface area contributed by atoms with E-state index in [9.17, 15) is 18.0 Å². The van der Waals surface area contributed by atoms with Gasteiger partial charge in [-0.05, 0) is 55.7 Å². The van der Waals surface area contributed by atoms with Crippen LogP contribution >= 0.6 is 0 Å². The lowest BCUT2D eigenvalue weighted by Gasteiger charge is -2.16. The Hall–Kier alpha value is -2.93. The first-order chi connectivity index (χ1) is 14.3. The van der Waals surface area contributed by atoms with Gasteiger partial charge in [-0.3, -0.25) is 14.2 Å². The molecule has 0 saturated heterocycles. The standard InChI is InChI=1S/C23H26N2O4S/c1-4-16(3)24-22(26)15-25-20-12-11-17(5-2)13-18(20)14-21(23(25)27)30(28,29)19-9-7-6-8-10-19/h6-14,16H,4-5,15H2,1-3H3,(H,24,26)/t16-/m0/s1. The molecule has 3 aromatic rings. The van der Waals surface area contributed by atoms with Crippen LogP contribution in [0.3, 0.4) is 0 Å². The SMILES string of the molecule is CCc1ccc2c(c1)cc(S(=O)(=O)c1ccccc1)c(=O)n2CC(=O)N[C@@H](C)CC. The number of nitrogens with zero attached hydrogens (tertiary/aromatic N) is 1. The summed E-state index contributed by atoms with van der Waals surface area (Å²) in [7, 11) is -4.03. The highest BCUT2D eigenvalue weighted by Gasteiger charge is 2.24. The minimum absolute atomic E-state index is 0.0394. The molecule has 0 aliphatic carbocycles. The van der Waals surface area contributed by atoms with Gasteiger partial charge in [-0.15, -0.1) is 0 Å². The number of pyridine rings is 1. The van der Waals surface area contributed by atoms with Crippen LogP contribution in [0, 0.1) is 0 Å². The minimum atomic E-state index is -4.03. The molecule has 1 atom stereocenters. The van der Waals surface area contributed by atoms with Gasteiger partial charge in [-0.25, -0.2) is 8.42 Å². The number of rotatable bonds is 7. The van der Waals surface area contributed by atoms with Gasteiger partial charge in [-0.1, -0.05) is 38.1 Å². The highest BCUT2D eigenvalue weighted by Crippen LogP contribution is 2.23. The molecule has 1 N–H and O–H groups in total. The zero-order chi connectivity index (χ0) is 21.9. The Bertz CT molecular complexity index is 1230. The van der Waals surface area contributed by atoms with Crippen LogP contribution in [-0.4, -0.2) is 24.9 Å². The van der Waals surface area contributed by atoms with E-state index in [1.54, 1.807) is 24.3 Å². The van der Waals surface area contributed by atoms with Crippen molar-refractivity contribution in [3.05, 3.63) is 70.5 Å². The summed E-state index contributed by atoms with van der Waals surface area (Å²) in [5.74, 6) is -0.332. The van der Waals surface area contributed by atoms with Crippen molar-refractivity contribution in [3.8, 4) is 0 Å². The summed E-state index contributed by atoms with van der Waals surface area (Å²) in [6, 6.07) is 14.8. The highest BCUT2D eigenvalue weighted by atomic mass is 32.2. The average molecular weight is 427 g/mol. The van der Waals surface area contributed by atoms with Gasteiger partial charge in [0.2, 0.25) is 15.7 Å². The Labute approximate surface area is 176 Å². The van der Waals surface area contributed by atoms with Gasteiger partial charge in [0.15, 0.2) is 0 Å². The highest BCUT2D eigenvalue weighted by molar-refractivity contribution is 7.91. The van der Waals surface area contributed by atoms with Crippen molar-refractivity contribution in [2.45, 2.75) is 56.0 Å². The molecule has 0 radical (unpaired) electrons. The Balaban J connectivity index is 2.23. The number of aryl methyl sites for hydroxylation is 1. The maximum Gasteiger partial charge on any atom is 0.270 e. The average Bonchev–Trinajstić information content (AvgIpc) is 2.75. The fraction of sp³-hybridized carbons (Fsp3) is 0.304. The summed E-state index contributed by atoms with van der Waals surface area (Å²) in [5.41, 5.74) is 0.846. The van der Waals surface area contributed by atoms with Crippen molar-refractivity contribution in [1.82, 2.24) is 9.88 Å². The molecule has 0 spiro atoms. The fourth-order valence-electron chi connectivity index (χ4n) is 3.27. The van der Waals surface area contributed by atoms with Crippen LogP contribution in [0.4, 0.5) is 0 Å². The van der Waals surface area contributed by atoms with Crippen molar-refractivity contribution in [2.24, 2.45) is 0 Å². The molecule has 1 heterocycles. The first-order valence-corrected chi connectivity index (χ1v) is 11.5. The molecule has 1 aromatic heterocycles. The molecule has 0 unspecified atom stereocenters. The number of benzene rings is 2. The van der Waals surface area contributed by atoms with Crippen LogP contribution in [0.2, 0.25) is 0 Å². The third-order valence-corrected chi connectivity index (χ3v) is 6.96. The Morgan fingerprint density at radius 1 is 1.07 bits per heavy atom. The van der Waals surface area contributed by atoms with E-state index in [4.69, 9.17) is 0 Å². The molecule has 30 heavy (non-hydrogen) atoms. The predicted molar refractivity (Wildman–Crippen MR) is 117 cm³/mol. The van der Waals surface area contributed by atoms with Crippen LogP contribution in [0.25, 0.3) is 10.9 Å². The first-order valence-electron chi connectivity index (χ1n) is 10.0. The molecular formula is C23H26N2O4S. The number of nitrogens with one attached hydrogen (secondary N) is 1. The van der Waals surface area contributed by atoms with Gasteiger partial charge in [0.05, 0.1) is 10.4 Å². The maximum absolute atomic E-state index is 13.3. The van der Waals surface area contributed by atoms with Crippen molar-refractivity contribution in [3.63, 3.8) is 0 Å². The summed E-state index contributed by atoms with van der Waals surface area (Å²) in [4.78, 5) is 25.5. The van der Waals surface area contributed by atoms with Gasteiger partial charge >= 0.3 is 0 Å². The number of aromatic nitrogens is 1. The Morgan fingerprint density at radius 2 is 1.77 bits per heavy atom. The van der Waals surface area contributed by atoms with Crippen molar-refractivity contribution >= 4 is 26.6 Å². The van der Waals surface area contributed by atoms with E-state index < -0.39 is 15.4 Å². The number of carbonyl (C=O) groups excluding carboxylic acids is 1. The number of sulfone groups is 1. The van der Waals surface area contributed by atoms with Crippen molar-refractivity contribution in [1.29, 1.82) is 0 Å². The van der Waals surface area contributed by atoms with Crippen LogP contribution < -0.4 is 10.9 Å². The zero-order valence-corrected chi connectivity index (χ0v) is 18.2. The molecule has 0 saturated carbocycles. The third-order valence-electron chi connectivity index (χ3n) is 5.20. The molecule has 3 rings (SSSR count). The monoisotopic (exact) mass is 426 g/mol. The molecule has 7 heteroatoms. The second kappa shape index (κ2) is 8.83. The van der Waals surface area contributed by atoms with E-state index in [1.165, 1.54) is 22.8 Å².